The number of ether oxygens (including phenoxy) is 1. The maximum atomic E-state index is 12.1. The Kier molecular flexibility index (Phi) is 5.43. The highest BCUT2D eigenvalue weighted by molar-refractivity contribution is 7.03. The molecule has 0 saturated carbocycles. The molecule has 0 aromatic carbocycles. The van der Waals surface area contributed by atoms with Gasteiger partial charge in [-0.1, -0.05) is 12.2 Å². The van der Waals surface area contributed by atoms with E-state index in [2.05, 4.69) is 26.0 Å². The van der Waals surface area contributed by atoms with Crippen molar-refractivity contribution in [3.63, 3.8) is 0 Å². The van der Waals surface area contributed by atoms with Gasteiger partial charge in [-0.05, 0) is 49.7 Å². The van der Waals surface area contributed by atoms with E-state index in [1.54, 1.807) is 0 Å². The summed E-state index contributed by atoms with van der Waals surface area (Å²) in [6.45, 7) is 5.86. The zero-order valence-electron chi connectivity index (χ0n) is 15.5. The average molecular weight is 376 g/mol. The third-order valence-corrected chi connectivity index (χ3v) is 6.92. The lowest BCUT2D eigenvalue weighted by Crippen LogP contribution is -2.41. The number of likely N-dealkylation sites (tertiary alicyclic amines) is 1. The van der Waals surface area contributed by atoms with Crippen molar-refractivity contribution in [1.29, 1.82) is 0 Å². The van der Waals surface area contributed by atoms with Gasteiger partial charge in [-0.15, -0.1) is 0 Å². The maximum absolute atomic E-state index is 12.1. The van der Waals surface area contributed by atoms with Crippen LogP contribution in [-0.4, -0.2) is 46.5 Å². The molecule has 4 rings (SSSR count). The van der Waals surface area contributed by atoms with Crippen LogP contribution in [0.4, 0.5) is 0 Å². The molecule has 3 aliphatic rings. The first-order chi connectivity index (χ1) is 12.7. The van der Waals surface area contributed by atoms with Crippen molar-refractivity contribution in [2.24, 2.45) is 11.8 Å². The molecule has 0 aliphatic carbocycles. The molecular weight excluding hydrogens is 346 g/mol. The van der Waals surface area contributed by atoms with Crippen LogP contribution in [0.5, 0.6) is 0 Å². The van der Waals surface area contributed by atoms with Crippen molar-refractivity contribution >= 4 is 17.4 Å². The number of nitrogens with zero attached hydrogens (tertiary/aromatic N) is 2. The number of amides is 1. The van der Waals surface area contributed by atoms with Crippen molar-refractivity contribution in [1.82, 2.24) is 14.6 Å². The third kappa shape index (κ3) is 3.59. The molecule has 0 unspecified atom stereocenters. The molecule has 1 aromatic rings. The van der Waals surface area contributed by atoms with Crippen LogP contribution in [-0.2, 0) is 16.1 Å². The molecule has 4 atom stereocenters. The van der Waals surface area contributed by atoms with Crippen molar-refractivity contribution in [3.05, 3.63) is 29.3 Å². The van der Waals surface area contributed by atoms with Crippen molar-refractivity contribution < 1.29 is 9.53 Å². The lowest BCUT2D eigenvalue weighted by Gasteiger charge is -2.29. The van der Waals surface area contributed by atoms with Crippen LogP contribution in [0, 0.1) is 11.8 Å². The Balaban J connectivity index is 1.30. The second-order valence-corrected chi connectivity index (χ2v) is 8.66. The Hall–Kier alpha value is -1.24. The fourth-order valence-corrected chi connectivity index (χ4v) is 5.64. The zero-order chi connectivity index (χ0) is 18.0. The minimum atomic E-state index is 0.0371. The maximum Gasteiger partial charge on any atom is 0.220 e. The van der Waals surface area contributed by atoms with E-state index in [-0.39, 0.29) is 11.5 Å². The van der Waals surface area contributed by atoms with Gasteiger partial charge in [-0.2, -0.15) is 0 Å². The van der Waals surface area contributed by atoms with Gasteiger partial charge in [-0.3, -0.25) is 9.69 Å². The normalized spacial score (nSPS) is 33.2. The van der Waals surface area contributed by atoms with Crippen LogP contribution in [0.25, 0.3) is 0 Å². The Labute approximate surface area is 160 Å². The lowest BCUT2D eigenvalue weighted by molar-refractivity contribution is -0.121. The smallest absolute Gasteiger partial charge is 0.220 e. The standard InChI is InChI=1S/C20H29N3O2S/c1-2-3-4-5-6-19(24)21-10-16-17-12-23(11-15-9-22-26-13-15)14-20(17)8-7-18(16)25-20/h2-3,9,13,16-18H,4-8,10-12,14H2,1H3,(H,21,24)/t16-,17+,18+,20+/m0/s1. The molecule has 1 N–H and O–H groups in total. The Morgan fingerprint density at radius 1 is 1.58 bits per heavy atom. The molecule has 1 aromatic heterocycles. The highest BCUT2D eigenvalue weighted by Gasteiger charge is 2.62. The minimum Gasteiger partial charge on any atom is -0.370 e. The number of allylic oxidation sites excluding steroid dienone is 2. The first-order valence-corrected chi connectivity index (χ1v) is 10.7. The first-order valence-electron chi connectivity index (χ1n) is 9.86. The third-order valence-electron chi connectivity index (χ3n) is 6.29. The average Bonchev–Trinajstić information content (AvgIpc) is 3.38. The van der Waals surface area contributed by atoms with Gasteiger partial charge in [0, 0.05) is 56.0 Å². The summed E-state index contributed by atoms with van der Waals surface area (Å²) in [6, 6.07) is 0. The summed E-state index contributed by atoms with van der Waals surface area (Å²) in [4.78, 5) is 14.7. The van der Waals surface area contributed by atoms with Crippen LogP contribution in [0.2, 0.25) is 0 Å². The van der Waals surface area contributed by atoms with Crippen LogP contribution >= 0.6 is 11.5 Å². The van der Waals surface area contributed by atoms with E-state index in [1.807, 2.05) is 19.2 Å². The van der Waals surface area contributed by atoms with Crippen molar-refractivity contribution in [2.45, 2.75) is 57.3 Å². The molecule has 6 heteroatoms. The van der Waals surface area contributed by atoms with E-state index in [0.717, 1.165) is 45.4 Å². The molecule has 3 saturated heterocycles. The predicted octanol–water partition coefficient (Wildman–Crippen LogP) is 2.99. The summed E-state index contributed by atoms with van der Waals surface area (Å²) in [6.07, 6.45) is 11.3. The summed E-state index contributed by atoms with van der Waals surface area (Å²) in [7, 11) is 0. The monoisotopic (exact) mass is 375 g/mol. The van der Waals surface area contributed by atoms with Crippen LogP contribution in [0.3, 0.4) is 0 Å². The van der Waals surface area contributed by atoms with Crippen LogP contribution in [0.1, 0.15) is 44.6 Å². The van der Waals surface area contributed by atoms with Gasteiger partial charge in [0.25, 0.3) is 0 Å². The van der Waals surface area contributed by atoms with E-state index in [0.29, 0.717) is 24.4 Å². The number of hydrogen-bond acceptors (Lipinski definition) is 5. The van der Waals surface area contributed by atoms with Gasteiger partial charge in [0.2, 0.25) is 5.91 Å². The summed E-state index contributed by atoms with van der Waals surface area (Å²) in [5.74, 6) is 1.20. The number of rotatable bonds is 8. The Morgan fingerprint density at radius 3 is 3.31 bits per heavy atom. The summed E-state index contributed by atoms with van der Waals surface area (Å²) < 4.78 is 10.7. The van der Waals surface area contributed by atoms with E-state index >= 15 is 0 Å². The number of hydrogen-bond donors (Lipinski definition) is 1. The fourth-order valence-electron chi connectivity index (χ4n) is 5.11. The quantitative estimate of drug-likeness (QED) is 0.561. The molecule has 5 nitrogen and oxygen atoms in total. The second-order valence-electron chi connectivity index (χ2n) is 8.00. The molecule has 1 spiro atoms. The number of nitrogens with one attached hydrogen (secondary N) is 1. The largest absolute Gasteiger partial charge is 0.370 e. The molecule has 142 valence electrons. The number of carbonyl (C=O) groups excluding carboxylic acids is 1. The number of aromatic nitrogens is 1. The van der Waals surface area contributed by atoms with Gasteiger partial charge >= 0.3 is 0 Å². The van der Waals surface area contributed by atoms with Crippen LogP contribution in [0.15, 0.2) is 23.7 Å². The highest BCUT2D eigenvalue weighted by Crippen LogP contribution is 2.54. The summed E-state index contributed by atoms with van der Waals surface area (Å²) in [5, 5.41) is 5.32. The van der Waals surface area contributed by atoms with Gasteiger partial charge in [0.15, 0.2) is 0 Å². The summed E-state index contributed by atoms with van der Waals surface area (Å²) >= 11 is 1.52. The summed E-state index contributed by atoms with van der Waals surface area (Å²) in [5.41, 5.74) is 1.34. The predicted molar refractivity (Wildman–Crippen MR) is 103 cm³/mol. The van der Waals surface area contributed by atoms with Gasteiger partial charge in [0.05, 0.1) is 11.7 Å². The van der Waals surface area contributed by atoms with Gasteiger partial charge in [0.1, 0.15) is 0 Å². The molecule has 0 radical (unpaired) electrons. The number of carbonyl (C=O) groups is 1. The van der Waals surface area contributed by atoms with E-state index < -0.39 is 0 Å². The molecule has 3 aliphatic heterocycles. The Bertz CT molecular complexity index is 647. The van der Waals surface area contributed by atoms with E-state index in [4.69, 9.17) is 4.74 Å². The lowest BCUT2D eigenvalue weighted by atomic mass is 9.73. The topological polar surface area (TPSA) is 54.5 Å². The molecule has 1 amide bonds. The van der Waals surface area contributed by atoms with Crippen molar-refractivity contribution in [2.75, 3.05) is 19.6 Å². The fraction of sp³-hybridized carbons (Fsp3) is 0.700. The molecule has 26 heavy (non-hydrogen) atoms. The minimum absolute atomic E-state index is 0.0371. The van der Waals surface area contributed by atoms with Gasteiger partial charge < -0.3 is 10.1 Å². The highest BCUT2D eigenvalue weighted by atomic mass is 32.1. The first kappa shape index (κ1) is 18.1. The molecule has 4 heterocycles. The van der Waals surface area contributed by atoms with Crippen molar-refractivity contribution in [3.8, 4) is 0 Å². The van der Waals surface area contributed by atoms with Gasteiger partial charge in [-0.25, -0.2) is 4.37 Å². The molecule has 2 bridgehead atoms. The zero-order valence-corrected chi connectivity index (χ0v) is 16.3. The van der Waals surface area contributed by atoms with E-state index in [1.165, 1.54) is 23.5 Å². The number of unbranched alkanes of at least 4 members (excludes halogenated alkanes) is 1. The SMILES string of the molecule is CC=CCCCC(=O)NC[C@H]1[C@H]2CN(Cc3cnsc3)C[C@]23CC[C@H]1O3. The van der Waals surface area contributed by atoms with E-state index in [9.17, 15) is 4.79 Å². The Morgan fingerprint density at radius 2 is 2.50 bits per heavy atom. The second kappa shape index (κ2) is 7.79. The van der Waals surface area contributed by atoms with Crippen LogP contribution < -0.4 is 5.32 Å². The number of fused-ring (bicyclic) bond motifs is 1. The molecule has 3 fully saturated rings. The molecular formula is C20H29N3O2S.